The zero-order valence-corrected chi connectivity index (χ0v) is 9.93. The first-order valence-corrected chi connectivity index (χ1v) is 6.02. The van der Waals surface area contributed by atoms with Crippen molar-refractivity contribution in [2.75, 3.05) is 5.32 Å². The third kappa shape index (κ3) is 2.52. The SMILES string of the molecule is Cc1nsc(NCc2nc(C(=O)O)cs2)n1. The van der Waals surface area contributed by atoms with Gasteiger partial charge in [-0.15, -0.1) is 11.3 Å². The van der Waals surface area contributed by atoms with Crippen LogP contribution in [0, 0.1) is 6.92 Å². The quantitative estimate of drug-likeness (QED) is 0.864. The molecule has 0 aliphatic carbocycles. The van der Waals surface area contributed by atoms with E-state index in [9.17, 15) is 4.79 Å². The number of hydrogen-bond donors (Lipinski definition) is 2. The van der Waals surface area contributed by atoms with Crippen LogP contribution in [0.4, 0.5) is 5.13 Å². The van der Waals surface area contributed by atoms with Crippen LogP contribution in [0.3, 0.4) is 0 Å². The van der Waals surface area contributed by atoms with Crippen molar-refractivity contribution in [1.82, 2.24) is 14.3 Å². The van der Waals surface area contributed by atoms with Gasteiger partial charge in [-0.05, 0) is 6.92 Å². The number of rotatable bonds is 4. The second-order valence-electron chi connectivity index (χ2n) is 2.93. The van der Waals surface area contributed by atoms with E-state index >= 15 is 0 Å². The Hall–Kier alpha value is -1.54. The van der Waals surface area contributed by atoms with Gasteiger partial charge in [0.25, 0.3) is 0 Å². The zero-order chi connectivity index (χ0) is 11.5. The number of carbonyl (C=O) groups is 1. The normalized spacial score (nSPS) is 10.3. The molecule has 0 aromatic carbocycles. The molecule has 0 saturated carbocycles. The molecular formula is C8H8N4O2S2. The lowest BCUT2D eigenvalue weighted by Gasteiger charge is -1.96. The van der Waals surface area contributed by atoms with Crippen molar-refractivity contribution in [2.45, 2.75) is 13.5 Å². The summed E-state index contributed by atoms with van der Waals surface area (Å²) in [4.78, 5) is 18.7. The Bertz CT molecular complexity index is 508. The standard InChI is InChI=1S/C8H8N4O2S2/c1-4-10-8(16-12-4)9-2-6-11-5(3-15-6)7(13)14/h3H,2H2,1H3,(H,13,14)(H,9,10,12). The average molecular weight is 256 g/mol. The van der Waals surface area contributed by atoms with E-state index in [0.29, 0.717) is 16.7 Å². The lowest BCUT2D eigenvalue weighted by Crippen LogP contribution is -2.01. The van der Waals surface area contributed by atoms with E-state index in [1.54, 1.807) is 0 Å². The molecule has 0 aliphatic heterocycles. The van der Waals surface area contributed by atoms with Crippen LogP contribution in [0.5, 0.6) is 0 Å². The highest BCUT2D eigenvalue weighted by atomic mass is 32.1. The van der Waals surface area contributed by atoms with Gasteiger partial charge in [0.2, 0.25) is 5.13 Å². The van der Waals surface area contributed by atoms with Crippen molar-refractivity contribution in [3.8, 4) is 0 Å². The maximum absolute atomic E-state index is 10.6. The molecule has 0 radical (unpaired) electrons. The molecule has 0 unspecified atom stereocenters. The van der Waals surface area contributed by atoms with Crippen LogP contribution < -0.4 is 5.32 Å². The van der Waals surface area contributed by atoms with Crippen LogP contribution in [-0.4, -0.2) is 25.4 Å². The molecule has 2 aromatic rings. The molecule has 0 bridgehead atoms. The number of anilines is 1. The van der Waals surface area contributed by atoms with Gasteiger partial charge in [-0.1, -0.05) is 0 Å². The number of thiazole rings is 1. The Balaban J connectivity index is 1.97. The van der Waals surface area contributed by atoms with Crippen molar-refractivity contribution in [2.24, 2.45) is 0 Å². The monoisotopic (exact) mass is 256 g/mol. The predicted octanol–water partition coefficient (Wildman–Crippen LogP) is 1.61. The number of carboxylic acids is 1. The number of nitrogens with zero attached hydrogens (tertiary/aromatic N) is 3. The first-order valence-electron chi connectivity index (χ1n) is 4.37. The molecule has 84 valence electrons. The van der Waals surface area contributed by atoms with E-state index in [1.807, 2.05) is 6.92 Å². The Labute approximate surface area is 99.2 Å². The largest absolute Gasteiger partial charge is 0.476 e. The van der Waals surface area contributed by atoms with Gasteiger partial charge >= 0.3 is 5.97 Å². The number of hydrogen-bond acceptors (Lipinski definition) is 7. The summed E-state index contributed by atoms with van der Waals surface area (Å²) in [5, 5.41) is 14.7. The minimum atomic E-state index is -1.01. The summed E-state index contributed by atoms with van der Waals surface area (Å²) in [6, 6.07) is 0. The molecule has 0 spiro atoms. The van der Waals surface area contributed by atoms with Gasteiger partial charge in [-0.3, -0.25) is 0 Å². The van der Waals surface area contributed by atoms with E-state index in [0.717, 1.165) is 5.82 Å². The van der Waals surface area contributed by atoms with Gasteiger partial charge in [0.1, 0.15) is 10.8 Å². The van der Waals surface area contributed by atoms with Crippen LogP contribution in [0.1, 0.15) is 21.3 Å². The average Bonchev–Trinajstić information content (AvgIpc) is 2.83. The van der Waals surface area contributed by atoms with Crippen LogP contribution in [-0.2, 0) is 6.54 Å². The lowest BCUT2D eigenvalue weighted by atomic mass is 10.5. The molecule has 2 rings (SSSR count). The molecule has 0 atom stereocenters. The molecule has 2 heterocycles. The fourth-order valence-electron chi connectivity index (χ4n) is 1.01. The maximum Gasteiger partial charge on any atom is 0.355 e. The van der Waals surface area contributed by atoms with Crippen molar-refractivity contribution in [1.29, 1.82) is 0 Å². The summed E-state index contributed by atoms with van der Waals surface area (Å²) in [6.45, 7) is 2.28. The van der Waals surface area contributed by atoms with Crippen LogP contribution >= 0.6 is 22.9 Å². The van der Waals surface area contributed by atoms with Crippen molar-refractivity contribution in [3.63, 3.8) is 0 Å². The molecular weight excluding hydrogens is 248 g/mol. The van der Waals surface area contributed by atoms with Crippen LogP contribution in [0.25, 0.3) is 0 Å². The number of aromatic carboxylic acids is 1. The van der Waals surface area contributed by atoms with Crippen LogP contribution in [0.15, 0.2) is 5.38 Å². The molecule has 0 aliphatic rings. The van der Waals surface area contributed by atoms with Gasteiger partial charge in [0.15, 0.2) is 5.69 Å². The molecule has 2 N–H and O–H groups in total. The third-order valence-electron chi connectivity index (χ3n) is 1.69. The Morgan fingerprint density at radius 2 is 2.38 bits per heavy atom. The minimum absolute atomic E-state index is 0.0789. The molecule has 0 fully saturated rings. The van der Waals surface area contributed by atoms with Crippen LogP contribution in [0.2, 0.25) is 0 Å². The number of aromatic nitrogens is 3. The maximum atomic E-state index is 10.6. The van der Waals surface area contributed by atoms with Gasteiger partial charge < -0.3 is 10.4 Å². The Kier molecular flexibility index (Phi) is 3.11. The fourth-order valence-corrected chi connectivity index (χ4v) is 2.29. The summed E-state index contributed by atoms with van der Waals surface area (Å²) >= 11 is 2.58. The lowest BCUT2D eigenvalue weighted by molar-refractivity contribution is 0.0691. The predicted molar refractivity (Wildman–Crippen MR) is 61.0 cm³/mol. The van der Waals surface area contributed by atoms with Crippen molar-refractivity contribution in [3.05, 3.63) is 21.9 Å². The summed E-state index contributed by atoms with van der Waals surface area (Å²) in [6.07, 6.45) is 0. The second-order valence-corrected chi connectivity index (χ2v) is 4.63. The first kappa shape index (κ1) is 11.0. The summed E-state index contributed by atoms with van der Waals surface area (Å²) in [5.74, 6) is -0.285. The van der Waals surface area contributed by atoms with Gasteiger partial charge in [0, 0.05) is 16.9 Å². The smallest absolute Gasteiger partial charge is 0.355 e. The van der Waals surface area contributed by atoms with E-state index in [4.69, 9.17) is 5.11 Å². The van der Waals surface area contributed by atoms with E-state index in [-0.39, 0.29) is 5.69 Å². The van der Waals surface area contributed by atoms with E-state index in [1.165, 1.54) is 28.2 Å². The molecule has 8 heteroatoms. The number of nitrogens with one attached hydrogen (secondary N) is 1. The number of aryl methyl sites for hydroxylation is 1. The fraction of sp³-hybridized carbons (Fsp3) is 0.250. The topological polar surface area (TPSA) is 88.0 Å². The highest BCUT2D eigenvalue weighted by molar-refractivity contribution is 7.10. The highest BCUT2D eigenvalue weighted by Crippen LogP contribution is 2.14. The Morgan fingerprint density at radius 3 is 2.94 bits per heavy atom. The summed E-state index contributed by atoms with van der Waals surface area (Å²) < 4.78 is 4.02. The Morgan fingerprint density at radius 1 is 1.56 bits per heavy atom. The molecule has 2 aromatic heterocycles. The zero-order valence-electron chi connectivity index (χ0n) is 8.30. The number of carboxylic acid groups (broad SMARTS) is 1. The van der Waals surface area contributed by atoms with E-state index < -0.39 is 5.97 Å². The van der Waals surface area contributed by atoms with Crippen molar-refractivity contribution >= 4 is 34.0 Å². The van der Waals surface area contributed by atoms with Gasteiger partial charge in [0.05, 0.1) is 6.54 Å². The minimum Gasteiger partial charge on any atom is -0.476 e. The highest BCUT2D eigenvalue weighted by Gasteiger charge is 2.08. The molecule has 16 heavy (non-hydrogen) atoms. The third-order valence-corrected chi connectivity index (χ3v) is 3.30. The molecule has 0 amide bonds. The molecule has 6 nitrogen and oxygen atoms in total. The van der Waals surface area contributed by atoms with Crippen molar-refractivity contribution < 1.29 is 9.90 Å². The first-order chi connectivity index (χ1) is 7.65. The second kappa shape index (κ2) is 4.54. The molecule has 0 saturated heterocycles. The van der Waals surface area contributed by atoms with E-state index in [2.05, 4.69) is 19.7 Å². The van der Waals surface area contributed by atoms with Gasteiger partial charge in [-0.2, -0.15) is 4.37 Å². The summed E-state index contributed by atoms with van der Waals surface area (Å²) in [5.41, 5.74) is 0.0789. The van der Waals surface area contributed by atoms with Gasteiger partial charge in [-0.25, -0.2) is 14.8 Å². The summed E-state index contributed by atoms with van der Waals surface area (Å²) in [7, 11) is 0.